The first-order chi connectivity index (χ1) is 8.93. The molecule has 0 bridgehead atoms. The third-order valence-corrected chi connectivity index (χ3v) is 4.24. The second kappa shape index (κ2) is 7.57. The minimum Gasteiger partial charge on any atom is -0.311 e. The van der Waals surface area contributed by atoms with E-state index in [-0.39, 0.29) is 0 Å². The molecule has 1 N–H and O–H groups in total. The van der Waals surface area contributed by atoms with Crippen LogP contribution in [0.4, 0.5) is 0 Å². The van der Waals surface area contributed by atoms with Crippen molar-refractivity contribution in [2.24, 2.45) is 0 Å². The molecule has 19 heavy (non-hydrogen) atoms. The van der Waals surface area contributed by atoms with Gasteiger partial charge < -0.3 is 5.32 Å². The molecule has 0 aliphatic carbocycles. The van der Waals surface area contributed by atoms with Gasteiger partial charge in [-0.25, -0.2) is 12.7 Å². The predicted octanol–water partition coefficient (Wildman–Crippen LogP) is 1.15. The number of aromatic nitrogens is 1. The number of aryl methyl sites for hydroxylation is 1. The zero-order chi connectivity index (χ0) is 14.3. The zero-order valence-corrected chi connectivity index (χ0v) is 12.7. The normalized spacial score (nSPS) is 12.0. The Balaban J connectivity index is 2.22. The Bertz CT molecular complexity index is 471. The van der Waals surface area contributed by atoms with E-state index < -0.39 is 10.0 Å². The van der Waals surface area contributed by atoms with Gasteiger partial charge in [-0.3, -0.25) is 4.98 Å². The Morgan fingerprint density at radius 3 is 2.63 bits per heavy atom. The van der Waals surface area contributed by atoms with Gasteiger partial charge in [-0.2, -0.15) is 0 Å². The summed E-state index contributed by atoms with van der Waals surface area (Å²) in [5.41, 5.74) is 2.15. The van der Waals surface area contributed by atoms with E-state index in [0.717, 1.165) is 24.2 Å². The lowest BCUT2D eigenvalue weighted by molar-refractivity contribution is 0.419. The molecule has 1 rings (SSSR count). The fourth-order valence-corrected chi connectivity index (χ4v) is 2.69. The fourth-order valence-electron chi connectivity index (χ4n) is 1.76. The lowest BCUT2D eigenvalue weighted by Gasteiger charge is -2.17. The molecule has 0 atom stereocenters. The SMILES string of the molecule is CCN(CCCNCc1ccc(C)cn1)S(C)(=O)=O. The summed E-state index contributed by atoms with van der Waals surface area (Å²) in [6.07, 6.45) is 3.90. The highest BCUT2D eigenvalue weighted by atomic mass is 32.2. The minimum atomic E-state index is -3.07. The van der Waals surface area contributed by atoms with E-state index in [1.54, 1.807) is 0 Å². The molecule has 0 unspecified atom stereocenters. The molecule has 0 fully saturated rings. The van der Waals surface area contributed by atoms with Crippen molar-refractivity contribution in [1.29, 1.82) is 0 Å². The number of hydrogen-bond donors (Lipinski definition) is 1. The van der Waals surface area contributed by atoms with Crippen LogP contribution in [-0.4, -0.2) is 43.6 Å². The van der Waals surface area contributed by atoms with Crippen molar-refractivity contribution in [3.8, 4) is 0 Å². The smallest absolute Gasteiger partial charge is 0.211 e. The average molecular weight is 285 g/mol. The maximum atomic E-state index is 11.4. The molecule has 0 radical (unpaired) electrons. The standard InChI is InChI=1S/C13H23N3O2S/c1-4-16(19(3,17)18)9-5-8-14-11-13-7-6-12(2)10-15-13/h6-7,10,14H,4-5,8-9,11H2,1-3H3. The Labute approximate surface area is 116 Å². The number of nitrogens with one attached hydrogen (secondary N) is 1. The zero-order valence-electron chi connectivity index (χ0n) is 11.9. The lowest BCUT2D eigenvalue weighted by Crippen LogP contribution is -2.32. The summed E-state index contributed by atoms with van der Waals surface area (Å²) in [4.78, 5) is 4.30. The molecule has 6 heteroatoms. The highest BCUT2D eigenvalue weighted by Gasteiger charge is 2.12. The second-order valence-corrected chi connectivity index (χ2v) is 6.59. The van der Waals surface area contributed by atoms with Crippen LogP contribution in [0, 0.1) is 6.92 Å². The van der Waals surface area contributed by atoms with E-state index in [1.807, 2.05) is 32.2 Å². The number of rotatable bonds is 8. The Hall–Kier alpha value is -0.980. The molecule has 0 aliphatic heterocycles. The van der Waals surface area contributed by atoms with Gasteiger partial charge in [-0.15, -0.1) is 0 Å². The number of nitrogens with zero attached hydrogens (tertiary/aromatic N) is 2. The summed E-state index contributed by atoms with van der Waals surface area (Å²) in [6.45, 7) is 6.44. The van der Waals surface area contributed by atoms with Gasteiger partial charge in [0.2, 0.25) is 10.0 Å². The summed E-state index contributed by atoms with van der Waals surface area (Å²) >= 11 is 0. The minimum absolute atomic E-state index is 0.526. The summed E-state index contributed by atoms with van der Waals surface area (Å²) < 4.78 is 24.2. The van der Waals surface area contributed by atoms with Gasteiger partial charge in [0.1, 0.15) is 0 Å². The molecule has 1 heterocycles. The van der Waals surface area contributed by atoms with Crippen LogP contribution >= 0.6 is 0 Å². The molecule has 0 saturated carbocycles. The summed E-state index contributed by atoms with van der Waals surface area (Å²) in [7, 11) is -3.07. The van der Waals surface area contributed by atoms with Crippen LogP contribution in [0.15, 0.2) is 18.3 Å². The first-order valence-corrected chi connectivity index (χ1v) is 8.35. The van der Waals surface area contributed by atoms with Crippen LogP contribution in [0.25, 0.3) is 0 Å². The van der Waals surface area contributed by atoms with Crippen LogP contribution in [-0.2, 0) is 16.6 Å². The highest BCUT2D eigenvalue weighted by molar-refractivity contribution is 7.88. The summed E-state index contributed by atoms with van der Waals surface area (Å²) in [5, 5.41) is 3.27. The molecule has 0 amide bonds. The van der Waals surface area contributed by atoms with Crippen LogP contribution < -0.4 is 5.32 Å². The van der Waals surface area contributed by atoms with Gasteiger partial charge >= 0.3 is 0 Å². The molecule has 1 aromatic rings. The maximum absolute atomic E-state index is 11.4. The van der Waals surface area contributed by atoms with Crippen molar-refractivity contribution in [1.82, 2.24) is 14.6 Å². The quantitative estimate of drug-likeness (QED) is 0.728. The molecule has 108 valence electrons. The van der Waals surface area contributed by atoms with Crippen molar-refractivity contribution in [2.45, 2.75) is 26.8 Å². The van der Waals surface area contributed by atoms with Gasteiger partial charge in [-0.05, 0) is 31.5 Å². The van der Waals surface area contributed by atoms with Crippen LogP contribution in [0.2, 0.25) is 0 Å². The van der Waals surface area contributed by atoms with E-state index in [0.29, 0.717) is 19.6 Å². The van der Waals surface area contributed by atoms with E-state index in [9.17, 15) is 8.42 Å². The highest BCUT2D eigenvalue weighted by Crippen LogP contribution is 2.00. The van der Waals surface area contributed by atoms with Gasteiger partial charge in [0.25, 0.3) is 0 Å². The van der Waals surface area contributed by atoms with Crippen molar-refractivity contribution in [2.75, 3.05) is 25.9 Å². The maximum Gasteiger partial charge on any atom is 0.211 e. The number of pyridine rings is 1. The largest absolute Gasteiger partial charge is 0.311 e. The monoisotopic (exact) mass is 285 g/mol. The number of hydrogen-bond acceptors (Lipinski definition) is 4. The van der Waals surface area contributed by atoms with Gasteiger partial charge in [-0.1, -0.05) is 13.0 Å². The van der Waals surface area contributed by atoms with Gasteiger partial charge in [0.05, 0.1) is 11.9 Å². The molecule has 0 spiro atoms. The molecule has 0 aromatic carbocycles. The third-order valence-electron chi connectivity index (χ3n) is 2.86. The van der Waals surface area contributed by atoms with E-state index in [2.05, 4.69) is 10.3 Å². The molecule has 0 saturated heterocycles. The van der Waals surface area contributed by atoms with Crippen molar-refractivity contribution in [3.05, 3.63) is 29.6 Å². The van der Waals surface area contributed by atoms with Crippen LogP contribution in [0.5, 0.6) is 0 Å². The molecule has 5 nitrogen and oxygen atoms in total. The third kappa shape index (κ3) is 6.13. The average Bonchev–Trinajstić information content (AvgIpc) is 2.34. The second-order valence-electron chi connectivity index (χ2n) is 4.61. The van der Waals surface area contributed by atoms with Gasteiger partial charge in [0.15, 0.2) is 0 Å². The lowest BCUT2D eigenvalue weighted by atomic mass is 10.3. The molecular weight excluding hydrogens is 262 g/mol. The molecule has 0 aliphatic rings. The summed E-state index contributed by atoms with van der Waals surface area (Å²) in [5.74, 6) is 0. The topological polar surface area (TPSA) is 62.3 Å². The molecule has 1 aromatic heterocycles. The summed E-state index contributed by atoms with van der Waals surface area (Å²) in [6, 6.07) is 4.03. The Morgan fingerprint density at radius 2 is 2.11 bits per heavy atom. The van der Waals surface area contributed by atoms with Gasteiger partial charge in [0, 0.05) is 25.8 Å². The van der Waals surface area contributed by atoms with Crippen molar-refractivity contribution < 1.29 is 8.42 Å². The van der Waals surface area contributed by atoms with Crippen molar-refractivity contribution in [3.63, 3.8) is 0 Å². The first-order valence-electron chi connectivity index (χ1n) is 6.51. The first kappa shape index (κ1) is 16.1. The molecular formula is C13H23N3O2S. The van der Waals surface area contributed by atoms with E-state index >= 15 is 0 Å². The van der Waals surface area contributed by atoms with Crippen LogP contribution in [0.3, 0.4) is 0 Å². The van der Waals surface area contributed by atoms with Crippen LogP contribution in [0.1, 0.15) is 24.6 Å². The Kier molecular flexibility index (Phi) is 6.41. The fraction of sp³-hybridized carbons (Fsp3) is 0.615. The van der Waals surface area contributed by atoms with E-state index in [4.69, 9.17) is 0 Å². The van der Waals surface area contributed by atoms with Crippen molar-refractivity contribution >= 4 is 10.0 Å². The van der Waals surface area contributed by atoms with E-state index in [1.165, 1.54) is 10.6 Å². The predicted molar refractivity (Wildman–Crippen MR) is 77.4 cm³/mol. The number of sulfonamides is 1. The Morgan fingerprint density at radius 1 is 1.37 bits per heavy atom.